The van der Waals surface area contributed by atoms with Crippen LogP contribution >= 0.6 is 0 Å². The Morgan fingerprint density at radius 3 is 2.82 bits per heavy atom. The molecule has 1 aromatic heterocycles. The van der Waals surface area contributed by atoms with Crippen molar-refractivity contribution in [1.82, 2.24) is 20.1 Å². The lowest BCUT2D eigenvalue weighted by molar-refractivity contribution is -0.126. The number of hydrogen-bond donors (Lipinski definition) is 2. The first-order valence-corrected chi connectivity index (χ1v) is 6.03. The second-order valence-corrected chi connectivity index (χ2v) is 4.66. The number of nitrogens with two attached hydrogens (primary N) is 1. The molecule has 1 aliphatic carbocycles. The van der Waals surface area contributed by atoms with Crippen LogP contribution in [-0.4, -0.2) is 26.7 Å². The van der Waals surface area contributed by atoms with Gasteiger partial charge in [-0.15, -0.1) is 0 Å². The van der Waals surface area contributed by atoms with Gasteiger partial charge in [0, 0.05) is 19.0 Å². The van der Waals surface area contributed by atoms with Crippen molar-refractivity contribution in [1.29, 1.82) is 0 Å². The summed E-state index contributed by atoms with van der Waals surface area (Å²) < 4.78 is 1.63. The fraction of sp³-hybridized carbons (Fsp3) is 0.727. The lowest BCUT2D eigenvalue weighted by Gasteiger charge is -2.24. The zero-order valence-corrected chi connectivity index (χ0v) is 10.1. The SMILES string of the molecule is Cn1cnc(CNC(=O)C2CCC(N)CC2)n1. The minimum Gasteiger partial charge on any atom is -0.348 e. The van der Waals surface area contributed by atoms with Crippen LogP contribution in [0.1, 0.15) is 31.5 Å². The fourth-order valence-corrected chi connectivity index (χ4v) is 2.16. The molecule has 17 heavy (non-hydrogen) atoms. The van der Waals surface area contributed by atoms with E-state index in [2.05, 4.69) is 15.4 Å². The first-order valence-electron chi connectivity index (χ1n) is 6.03. The van der Waals surface area contributed by atoms with E-state index in [0.29, 0.717) is 12.4 Å². The van der Waals surface area contributed by atoms with Gasteiger partial charge in [-0.1, -0.05) is 0 Å². The first-order chi connectivity index (χ1) is 8.15. The molecule has 0 saturated heterocycles. The predicted molar refractivity (Wildman–Crippen MR) is 62.8 cm³/mol. The average molecular weight is 237 g/mol. The third-order valence-corrected chi connectivity index (χ3v) is 3.21. The summed E-state index contributed by atoms with van der Waals surface area (Å²) in [6.45, 7) is 0.405. The van der Waals surface area contributed by atoms with Gasteiger partial charge in [0.05, 0.1) is 6.54 Å². The first kappa shape index (κ1) is 12.0. The molecule has 1 fully saturated rings. The topological polar surface area (TPSA) is 85.8 Å². The van der Waals surface area contributed by atoms with E-state index in [1.165, 1.54) is 0 Å². The molecule has 1 aliphatic rings. The van der Waals surface area contributed by atoms with Crippen molar-refractivity contribution in [3.8, 4) is 0 Å². The van der Waals surface area contributed by atoms with E-state index in [1.54, 1.807) is 18.1 Å². The Balaban J connectivity index is 1.77. The Kier molecular flexibility index (Phi) is 3.73. The molecule has 94 valence electrons. The number of nitrogens with one attached hydrogen (secondary N) is 1. The van der Waals surface area contributed by atoms with E-state index in [1.807, 2.05) is 0 Å². The van der Waals surface area contributed by atoms with Crippen LogP contribution in [0.2, 0.25) is 0 Å². The molecule has 2 rings (SSSR count). The van der Waals surface area contributed by atoms with Crippen molar-refractivity contribution in [3.63, 3.8) is 0 Å². The average Bonchev–Trinajstić information content (AvgIpc) is 2.73. The van der Waals surface area contributed by atoms with Crippen LogP contribution in [-0.2, 0) is 18.4 Å². The van der Waals surface area contributed by atoms with Crippen molar-refractivity contribution in [3.05, 3.63) is 12.2 Å². The minimum absolute atomic E-state index is 0.101. The van der Waals surface area contributed by atoms with E-state index in [-0.39, 0.29) is 17.9 Å². The second-order valence-electron chi connectivity index (χ2n) is 4.66. The molecule has 1 aromatic rings. The predicted octanol–water partition coefficient (Wildman–Crippen LogP) is -0.0512. The highest BCUT2D eigenvalue weighted by Crippen LogP contribution is 2.23. The third kappa shape index (κ3) is 3.26. The maximum atomic E-state index is 11.9. The van der Waals surface area contributed by atoms with Gasteiger partial charge in [0.1, 0.15) is 6.33 Å². The molecule has 0 aliphatic heterocycles. The molecule has 0 bridgehead atoms. The van der Waals surface area contributed by atoms with Crippen LogP contribution in [0.4, 0.5) is 0 Å². The van der Waals surface area contributed by atoms with Gasteiger partial charge in [-0.3, -0.25) is 9.48 Å². The monoisotopic (exact) mass is 237 g/mol. The van der Waals surface area contributed by atoms with Crippen LogP contribution in [0, 0.1) is 5.92 Å². The van der Waals surface area contributed by atoms with Gasteiger partial charge in [-0.05, 0) is 25.7 Å². The van der Waals surface area contributed by atoms with Crippen molar-refractivity contribution >= 4 is 5.91 Å². The number of carbonyl (C=O) groups is 1. The summed E-state index contributed by atoms with van der Waals surface area (Å²) in [5, 5.41) is 6.99. The highest BCUT2D eigenvalue weighted by Gasteiger charge is 2.24. The summed E-state index contributed by atoms with van der Waals surface area (Å²) in [6, 6.07) is 0.275. The number of rotatable bonds is 3. The van der Waals surface area contributed by atoms with E-state index in [0.717, 1.165) is 25.7 Å². The van der Waals surface area contributed by atoms with Crippen molar-refractivity contribution < 1.29 is 4.79 Å². The number of amides is 1. The molecule has 0 unspecified atom stereocenters. The molecule has 1 saturated carbocycles. The maximum Gasteiger partial charge on any atom is 0.223 e. The van der Waals surface area contributed by atoms with Gasteiger partial charge in [-0.25, -0.2) is 4.98 Å². The molecule has 0 spiro atoms. The van der Waals surface area contributed by atoms with E-state index in [4.69, 9.17) is 5.73 Å². The molecule has 6 heteroatoms. The third-order valence-electron chi connectivity index (χ3n) is 3.21. The summed E-state index contributed by atoms with van der Waals surface area (Å²) in [7, 11) is 1.81. The molecule has 0 radical (unpaired) electrons. The van der Waals surface area contributed by atoms with Crippen LogP contribution in [0.15, 0.2) is 6.33 Å². The number of aryl methyl sites for hydroxylation is 1. The van der Waals surface area contributed by atoms with E-state index >= 15 is 0 Å². The van der Waals surface area contributed by atoms with Crippen LogP contribution in [0.3, 0.4) is 0 Å². The van der Waals surface area contributed by atoms with Gasteiger partial charge in [-0.2, -0.15) is 5.10 Å². The highest BCUT2D eigenvalue weighted by molar-refractivity contribution is 5.78. The molecular weight excluding hydrogens is 218 g/mol. The molecule has 6 nitrogen and oxygen atoms in total. The smallest absolute Gasteiger partial charge is 0.223 e. The summed E-state index contributed by atoms with van der Waals surface area (Å²) in [4.78, 5) is 15.9. The van der Waals surface area contributed by atoms with Crippen LogP contribution in [0.25, 0.3) is 0 Å². The number of nitrogens with zero attached hydrogens (tertiary/aromatic N) is 3. The number of hydrogen-bond acceptors (Lipinski definition) is 4. The van der Waals surface area contributed by atoms with Crippen LogP contribution < -0.4 is 11.1 Å². The molecule has 0 atom stereocenters. The fourth-order valence-electron chi connectivity index (χ4n) is 2.16. The molecular formula is C11H19N5O. The molecule has 0 aromatic carbocycles. The Hall–Kier alpha value is -1.43. The van der Waals surface area contributed by atoms with Gasteiger partial charge >= 0.3 is 0 Å². The molecule has 3 N–H and O–H groups in total. The van der Waals surface area contributed by atoms with Gasteiger partial charge in [0.25, 0.3) is 0 Å². The van der Waals surface area contributed by atoms with Gasteiger partial charge in [0.2, 0.25) is 5.91 Å². The Morgan fingerprint density at radius 2 is 2.24 bits per heavy atom. The highest BCUT2D eigenvalue weighted by atomic mass is 16.1. The number of carbonyl (C=O) groups excluding carboxylic acids is 1. The summed E-state index contributed by atoms with van der Waals surface area (Å²) >= 11 is 0. The van der Waals surface area contributed by atoms with Gasteiger partial charge in [0.15, 0.2) is 5.82 Å². The normalized spacial score (nSPS) is 24.6. The van der Waals surface area contributed by atoms with Crippen molar-refractivity contribution in [2.24, 2.45) is 18.7 Å². The van der Waals surface area contributed by atoms with E-state index < -0.39 is 0 Å². The second kappa shape index (κ2) is 5.27. The Morgan fingerprint density at radius 1 is 1.53 bits per heavy atom. The van der Waals surface area contributed by atoms with Crippen molar-refractivity contribution in [2.75, 3.05) is 0 Å². The molecule has 1 amide bonds. The summed E-state index contributed by atoms with van der Waals surface area (Å²) in [6.07, 6.45) is 5.30. The van der Waals surface area contributed by atoms with Crippen LogP contribution in [0.5, 0.6) is 0 Å². The summed E-state index contributed by atoms with van der Waals surface area (Å²) in [5.74, 6) is 0.858. The van der Waals surface area contributed by atoms with Crippen molar-refractivity contribution in [2.45, 2.75) is 38.3 Å². The number of aromatic nitrogens is 3. The Bertz CT molecular complexity index is 381. The maximum absolute atomic E-state index is 11.9. The largest absolute Gasteiger partial charge is 0.348 e. The zero-order valence-electron chi connectivity index (χ0n) is 10.1. The lowest BCUT2D eigenvalue weighted by atomic mass is 9.86. The van der Waals surface area contributed by atoms with E-state index in [9.17, 15) is 4.79 Å². The summed E-state index contributed by atoms with van der Waals surface area (Å²) in [5.41, 5.74) is 5.81. The zero-order chi connectivity index (χ0) is 12.3. The minimum atomic E-state index is 0.101. The van der Waals surface area contributed by atoms with Gasteiger partial charge < -0.3 is 11.1 Å². The Labute approximate surface area is 101 Å². The standard InChI is InChI=1S/C11H19N5O/c1-16-7-14-10(15-16)6-13-11(17)8-2-4-9(12)5-3-8/h7-9H,2-6,12H2,1H3,(H,13,17). The quantitative estimate of drug-likeness (QED) is 0.771. The lowest BCUT2D eigenvalue weighted by Crippen LogP contribution is -2.36. The molecule has 1 heterocycles.